The van der Waals surface area contributed by atoms with Crippen LogP contribution in [0.5, 0.6) is 5.75 Å². The first-order valence-electron chi connectivity index (χ1n) is 9.27. The van der Waals surface area contributed by atoms with Crippen LogP contribution >= 0.6 is 0 Å². The summed E-state index contributed by atoms with van der Waals surface area (Å²) in [7, 11) is 0. The molecule has 3 aromatic carbocycles. The van der Waals surface area contributed by atoms with Crippen LogP contribution in [0, 0.1) is 15.9 Å². The lowest BCUT2D eigenvalue weighted by molar-refractivity contribution is -0.384. The van der Waals surface area contributed by atoms with Crippen molar-refractivity contribution in [3.8, 4) is 5.75 Å². The zero-order valence-corrected chi connectivity index (χ0v) is 16.5. The molecule has 0 radical (unpaired) electrons. The number of amides is 2. The third-order valence-corrected chi connectivity index (χ3v) is 4.05. The van der Waals surface area contributed by atoms with Crippen molar-refractivity contribution in [3.63, 3.8) is 0 Å². The second-order valence-corrected chi connectivity index (χ2v) is 6.42. The van der Waals surface area contributed by atoms with Crippen LogP contribution in [0.1, 0.15) is 15.9 Å². The number of nitrogens with one attached hydrogen (secondary N) is 2. The molecule has 10 heteroatoms. The number of ether oxygens (including phenoxy) is 1. The number of rotatable bonds is 8. The first-order valence-corrected chi connectivity index (χ1v) is 9.27. The number of carbonyl (C=O) groups excluding carboxylic acids is 2. The summed E-state index contributed by atoms with van der Waals surface area (Å²) in [5, 5.41) is 17.2. The molecular formula is C22H17FN4O5. The average Bonchev–Trinajstić information content (AvgIpc) is 2.79. The molecule has 0 atom stereocenters. The summed E-state index contributed by atoms with van der Waals surface area (Å²) in [6.07, 6.45) is 1.36. The Labute approximate surface area is 181 Å². The van der Waals surface area contributed by atoms with E-state index in [1.807, 2.05) is 0 Å². The number of hydrazone groups is 1. The van der Waals surface area contributed by atoms with Crippen LogP contribution in [-0.2, 0) is 4.79 Å². The Balaban J connectivity index is 1.53. The zero-order valence-electron chi connectivity index (χ0n) is 16.5. The molecule has 0 aliphatic carbocycles. The van der Waals surface area contributed by atoms with Crippen LogP contribution in [0.4, 0.5) is 15.8 Å². The van der Waals surface area contributed by atoms with Gasteiger partial charge in [-0.15, -0.1) is 0 Å². The quantitative estimate of drug-likeness (QED) is 0.318. The topological polar surface area (TPSA) is 123 Å². The number of nitro groups is 1. The van der Waals surface area contributed by atoms with Gasteiger partial charge >= 0.3 is 0 Å². The number of non-ortho nitro benzene ring substituents is 1. The Kier molecular flexibility index (Phi) is 7.20. The molecule has 3 aromatic rings. The minimum Gasteiger partial charge on any atom is -0.484 e. The fraction of sp³-hybridized carbons (Fsp3) is 0.0455. The van der Waals surface area contributed by atoms with Crippen molar-refractivity contribution in [1.82, 2.24) is 5.43 Å². The Hall–Kier alpha value is -4.60. The predicted octanol–water partition coefficient (Wildman–Crippen LogP) is 3.52. The number of nitrogens with zero attached hydrogens (tertiary/aromatic N) is 2. The van der Waals surface area contributed by atoms with E-state index in [-0.39, 0.29) is 17.9 Å². The Morgan fingerprint density at radius 1 is 1.06 bits per heavy atom. The number of nitro benzene ring substituents is 1. The number of hydrogen-bond acceptors (Lipinski definition) is 6. The summed E-state index contributed by atoms with van der Waals surface area (Å²) < 4.78 is 18.3. The van der Waals surface area contributed by atoms with E-state index in [0.29, 0.717) is 17.0 Å². The zero-order chi connectivity index (χ0) is 22.9. The molecule has 0 aliphatic rings. The minimum atomic E-state index is -0.602. The van der Waals surface area contributed by atoms with Crippen LogP contribution in [0.3, 0.4) is 0 Å². The van der Waals surface area contributed by atoms with Gasteiger partial charge in [-0.05, 0) is 48.0 Å². The molecule has 0 unspecified atom stereocenters. The van der Waals surface area contributed by atoms with Crippen LogP contribution in [0.2, 0.25) is 0 Å². The number of benzene rings is 3. The fourth-order valence-corrected chi connectivity index (χ4v) is 2.55. The van der Waals surface area contributed by atoms with Crippen LogP contribution < -0.4 is 15.5 Å². The average molecular weight is 436 g/mol. The Morgan fingerprint density at radius 3 is 2.56 bits per heavy atom. The monoisotopic (exact) mass is 436 g/mol. The van der Waals surface area contributed by atoms with Gasteiger partial charge in [0, 0.05) is 23.4 Å². The third kappa shape index (κ3) is 6.46. The van der Waals surface area contributed by atoms with Crippen molar-refractivity contribution < 1.29 is 23.6 Å². The first kappa shape index (κ1) is 22.1. The van der Waals surface area contributed by atoms with Crippen molar-refractivity contribution in [1.29, 1.82) is 0 Å². The molecule has 0 aliphatic heterocycles. The van der Waals surface area contributed by atoms with Crippen LogP contribution in [0.25, 0.3) is 0 Å². The van der Waals surface area contributed by atoms with Crippen LogP contribution in [-0.4, -0.2) is 29.6 Å². The van der Waals surface area contributed by atoms with Gasteiger partial charge in [-0.3, -0.25) is 19.7 Å². The van der Waals surface area contributed by atoms with E-state index in [4.69, 9.17) is 4.74 Å². The standard InChI is InChI=1S/C22H17FN4O5/c23-17-7-9-18(10-8-17)25-21(28)14-32-20-6-1-3-15(11-20)13-24-26-22(29)16-4-2-5-19(12-16)27(30)31/h1-13H,14H2,(H,25,28)(H,26,29). The Morgan fingerprint density at radius 2 is 1.81 bits per heavy atom. The maximum absolute atomic E-state index is 12.9. The molecule has 2 N–H and O–H groups in total. The molecule has 9 nitrogen and oxygen atoms in total. The van der Waals surface area contributed by atoms with Gasteiger partial charge in [0.15, 0.2) is 6.61 Å². The number of hydrogen-bond donors (Lipinski definition) is 2. The number of anilines is 1. The van der Waals surface area contributed by atoms with Gasteiger partial charge in [-0.25, -0.2) is 9.82 Å². The smallest absolute Gasteiger partial charge is 0.271 e. The van der Waals surface area contributed by atoms with E-state index in [9.17, 15) is 24.1 Å². The second-order valence-electron chi connectivity index (χ2n) is 6.42. The molecule has 32 heavy (non-hydrogen) atoms. The SMILES string of the molecule is O=C(COc1cccc(C=NNC(=O)c2cccc([N+](=O)[O-])c2)c1)Nc1ccc(F)cc1. The second kappa shape index (κ2) is 10.4. The van der Waals surface area contributed by atoms with E-state index in [2.05, 4.69) is 15.8 Å². The largest absolute Gasteiger partial charge is 0.484 e. The van der Waals surface area contributed by atoms with E-state index in [1.165, 1.54) is 48.7 Å². The van der Waals surface area contributed by atoms with Gasteiger partial charge in [0.2, 0.25) is 0 Å². The minimum absolute atomic E-state index is 0.0978. The lowest BCUT2D eigenvalue weighted by atomic mass is 10.2. The van der Waals surface area contributed by atoms with Crippen molar-refractivity contribution >= 4 is 29.4 Å². The van der Waals surface area contributed by atoms with Crippen molar-refractivity contribution in [3.05, 3.63) is 99.9 Å². The molecule has 2 amide bonds. The lowest BCUT2D eigenvalue weighted by Crippen LogP contribution is -2.20. The van der Waals surface area contributed by atoms with Crippen molar-refractivity contribution in [2.24, 2.45) is 5.10 Å². The van der Waals surface area contributed by atoms with Gasteiger partial charge in [0.1, 0.15) is 11.6 Å². The summed E-state index contributed by atoms with van der Waals surface area (Å²) in [5.41, 5.74) is 3.22. The van der Waals surface area contributed by atoms with E-state index >= 15 is 0 Å². The first-order chi connectivity index (χ1) is 15.4. The number of halogens is 1. The van der Waals surface area contributed by atoms with E-state index in [0.717, 1.165) is 6.07 Å². The molecule has 0 aromatic heterocycles. The molecule has 162 valence electrons. The van der Waals surface area contributed by atoms with Gasteiger partial charge in [0.05, 0.1) is 11.1 Å². The molecule has 0 heterocycles. The lowest BCUT2D eigenvalue weighted by Gasteiger charge is -2.08. The van der Waals surface area contributed by atoms with Gasteiger partial charge in [-0.2, -0.15) is 5.10 Å². The van der Waals surface area contributed by atoms with Gasteiger partial charge in [-0.1, -0.05) is 18.2 Å². The summed E-state index contributed by atoms with van der Waals surface area (Å²) in [6.45, 7) is -0.262. The highest BCUT2D eigenvalue weighted by molar-refractivity contribution is 5.95. The molecule has 0 saturated heterocycles. The molecule has 0 saturated carbocycles. The molecule has 0 bridgehead atoms. The normalized spacial score (nSPS) is 10.5. The molecule has 0 fully saturated rings. The summed E-state index contributed by atoms with van der Waals surface area (Å²) in [4.78, 5) is 34.3. The van der Waals surface area contributed by atoms with Gasteiger partial charge < -0.3 is 10.1 Å². The van der Waals surface area contributed by atoms with E-state index in [1.54, 1.807) is 24.3 Å². The summed E-state index contributed by atoms with van der Waals surface area (Å²) in [6, 6.07) is 17.2. The number of carbonyl (C=O) groups is 2. The van der Waals surface area contributed by atoms with Crippen LogP contribution in [0.15, 0.2) is 77.9 Å². The highest BCUT2D eigenvalue weighted by Gasteiger charge is 2.10. The Bertz CT molecular complexity index is 1160. The van der Waals surface area contributed by atoms with Gasteiger partial charge in [0.25, 0.3) is 17.5 Å². The highest BCUT2D eigenvalue weighted by Crippen LogP contribution is 2.14. The van der Waals surface area contributed by atoms with E-state index < -0.39 is 22.6 Å². The molecule has 3 rings (SSSR count). The molecular weight excluding hydrogens is 419 g/mol. The maximum Gasteiger partial charge on any atom is 0.271 e. The van der Waals surface area contributed by atoms with Crippen molar-refractivity contribution in [2.75, 3.05) is 11.9 Å². The highest BCUT2D eigenvalue weighted by atomic mass is 19.1. The molecule has 0 spiro atoms. The predicted molar refractivity (Wildman–Crippen MR) is 115 cm³/mol. The maximum atomic E-state index is 12.9. The fourth-order valence-electron chi connectivity index (χ4n) is 2.55. The third-order valence-electron chi connectivity index (χ3n) is 4.05. The van der Waals surface area contributed by atoms with Crippen molar-refractivity contribution in [2.45, 2.75) is 0 Å². The summed E-state index contributed by atoms with van der Waals surface area (Å²) >= 11 is 0. The summed E-state index contributed by atoms with van der Waals surface area (Å²) in [5.74, 6) is -1.03.